The lowest BCUT2D eigenvalue weighted by Crippen LogP contribution is -2.26. The van der Waals surface area contributed by atoms with E-state index in [0.717, 1.165) is 23.9 Å². The van der Waals surface area contributed by atoms with Crippen molar-refractivity contribution >= 4 is 5.82 Å². The molecule has 4 nitrogen and oxygen atoms in total. The summed E-state index contributed by atoms with van der Waals surface area (Å²) in [5, 5.41) is 3.25. The van der Waals surface area contributed by atoms with Gasteiger partial charge >= 0.3 is 0 Å². The van der Waals surface area contributed by atoms with Crippen molar-refractivity contribution in [2.45, 2.75) is 53.1 Å². The Labute approximate surface area is 110 Å². The molecule has 1 aromatic heterocycles. The average molecular weight is 251 g/mol. The molecule has 1 aromatic rings. The zero-order chi connectivity index (χ0) is 13.8. The van der Waals surface area contributed by atoms with Crippen molar-refractivity contribution in [3.63, 3.8) is 0 Å². The maximum absolute atomic E-state index is 5.73. The third-order valence-corrected chi connectivity index (χ3v) is 2.74. The number of hydrogen-bond acceptors (Lipinski definition) is 4. The van der Waals surface area contributed by atoms with Gasteiger partial charge in [0.1, 0.15) is 11.4 Å². The van der Waals surface area contributed by atoms with Crippen molar-refractivity contribution in [3.05, 3.63) is 17.6 Å². The van der Waals surface area contributed by atoms with Gasteiger partial charge < -0.3 is 10.1 Å². The van der Waals surface area contributed by atoms with E-state index in [4.69, 9.17) is 4.74 Å². The molecule has 0 aliphatic rings. The maximum atomic E-state index is 5.73. The highest BCUT2D eigenvalue weighted by molar-refractivity contribution is 5.37. The second-order valence-corrected chi connectivity index (χ2v) is 5.13. The summed E-state index contributed by atoms with van der Waals surface area (Å²) in [5.41, 5.74) is 0.591. The van der Waals surface area contributed by atoms with Crippen LogP contribution in [0.3, 0.4) is 0 Å². The fraction of sp³-hybridized carbons (Fsp3) is 0.714. The first kappa shape index (κ1) is 14.9. The summed E-state index contributed by atoms with van der Waals surface area (Å²) in [6.07, 6.45) is 0. The van der Waals surface area contributed by atoms with Crippen LogP contribution < -0.4 is 5.32 Å². The van der Waals surface area contributed by atoms with Gasteiger partial charge in [-0.3, -0.25) is 0 Å². The fourth-order valence-corrected chi connectivity index (χ4v) is 1.73. The number of ether oxygens (including phenoxy) is 1. The smallest absolute Gasteiger partial charge is 0.162 e. The Morgan fingerprint density at radius 2 is 1.94 bits per heavy atom. The number of anilines is 1. The first-order chi connectivity index (χ1) is 8.40. The molecule has 0 atom stereocenters. The average Bonchev–Trinajstić information content (AvgIpc) is 2.29. The van der Waals surface area contributed by atoms with E-state index in [-0.39, 0.29) is 0 Å². The zero-order valence-corrected chi connectivity index (χ0v) is 12.4. The Bertz CT molecular complexity index is 389. The molecule has 0 saturated heterocycles. The van der Waals surface area contributed by atoms with Crippen LogP contribution in [0.4, 0.5) is 5.82 Å². The highest BCUT2D eigenvalue weighted by atomic mass is 16.5. The van der Waals surface area contributed by atoms with E-state index < -0.39 is 5.60 Å². The normalized spacial score (nSPS) is 11.9. The van der Waals surface area contributed by atoms with Gasteiger partial charge in [-0.25, -0.2) is 9.97 Å². The molecule has 0 aromatic carbocycles. The first-order valence-electron chi connectivity index (χ1n) is 6.68. The van der Waals surface area contributed by atoms with Crippen molar-refractivity contribution in [2.75, 3.05) is 18.5 Å². The lowest BCUT2D eigenvalue weighted by Gasteiger charge is -2.24. The Morgan fingerprint density at radius 3 is 2.44 bits per heavy atom. The van der Waals surface area contributed by atoms with Crippen molar-refractivity contribution < 1.29 is 4.74 Å². The van der Waals surface area contributed by atoms with Crippen LogP contribution in [-0.2, 0) is 10.3 Å². The van der Waals surface area contributed by atoms with Crippen molar-refractivity contribution in [1.82, 2.24) is 9.97 Å². The van der Waals surface area contributed by atoms with Gasteiger partial charge in [-0.05, 0) is 33.6 Å². The van der Waals surface area contributed by atoms with Gasteiger partial charge in [-0.2, -0.15) is 0 Å². The molecule has 0 fully saturated rings. The number of nitrogens with zero attached hydrogens (tertiary/aromatic N) is 2. The molecule has 4 heteroatoms. The summed E-state index contributed by atoms with van der Waals surface area (Å²) in [6.45, 7) is 13.8. The molecule has 0 unspecified atom stereocenters. The summed E-state index contributed by atoms with van der Waals surface area (Å²) in [5.74, 6) is 1.99. The molecule has 18 heavy (non-hydrogen) atoms. The van der Waals surface area contributed by atoms with Crippen LogP contribution in [0.5, 0.6) is 0 Å². The molecule has 1 rings (SSSR count). The Morgan fingerprint density at radius 1 is 1.28 bits per heavy atom. The third-order valence-electron chi connectivity index (χ3n) is 2.74. The summed E-state index contributed by atoms with van der Waals surface area (Å²) >= 11 is 0. The van der Waals surface area contributed by atoms with Gasteiger partial charge in [0.25, 0.3) is 0 Å². The molecule has 1 heterocycles. The highest BCUT2D eigenvalue weighted by Crippen LogP contribution is 2.25. The minimum absolute atomic E-state index is 0.376. The van der Waals surface area contributed by atoms with Crippen molar-refractivity contribution in [2.24, 2.45) is 0 Å². The molecule has 0 aliphatic heterocycles. The van der Waals surface area contributed by atoms with Gasteiger partial charge in [-0.15, -0.1) is 0 Å². The predicted octanol–water partition coefficient (Wildman–Crippen LogP) is 3.30. The number of hydrogen-bond donors (Lipinski definition) is 1. The van der Waals surface area contributed by atoms with Gasteiger partial charge in [-0.1, -0.05) is 13.8 Å². The van der Waals surface area contributed by atoms with E-state index >= 15 is 0 Å². The Balaban J connectivity index is 3.17. The second-order valence-electron chi connectivity index (χ2n) is 5.13. The number of nitrogens with one attached hydrogen (secondary N) is 1. The molecule has 0 bridgehead atoms. The van der Waals surface area contributed by atoms with Crippen molar-refractivity contribution in [3.8, 4) is 0 Å². The van der Waals surface area contributed by atoms with Crippen LogP contribution in [0.1, 0.15) is 59.0 Å². The number of aromatic nitrogens is 2. The minimum atomic E-state index is -0.455. The highest BCUT2D eigenvalue weighted by Gasteiger charge is 2.25. The summed E-state index contributed by atoms with van der Waals surface area (Å²) in [6, 6.07) is 2.01. The topological polar surface area (TPSA) is 47.0 Å². The summed E-state index contributed by atoms with van der Waals surface area (Å²) < 4.78 is 5.73. The quantitative estimate of drug-likeness (QED) is 0.842. The molecule has 0 amide bonds. The van der Waals surface area contributed by atoms with E-state index in [1.807, 2.05) is 26.8 Å². The maximum Gasteiger partial charge on any atom is 0.162 e. The van der Waals surface area contributed by atoms with E-state index in [0.29, 0.717) is 12.5 Å². The standard InChI is InChI=1S/C14H25N3O/c1-7-15-12-9-11(10(3)4)16-13(17-12)14(5,6)18-8-2/h9-10H,7-8H2,1-6H3,(H,15,16,17). The summed E-state index contributed by atoms with van der Waals surface area (Å²) in [4.78, 5) is 9.18. The monoisotopic (exact) mass is 251 g/mol. The fourth-order valence-electron chi connectivity index (χ4n) is 1.73. The van der Waals surface area contributed by atoms with E-state index in [1.54, 1.807) is 0 Å². The van der Waals surface area contributed by atoms with E-state index in [1.165, 1.54) is 0 Å². The van der Waals surface area contributed by atoms with Crippen LogP contribution in [0.25, 0.3) is 0 Å². The van der Waals surface area contributed by atoms with Gasteiger partial charge in [0.05, 0.1) is 0 Å². The lowest BCUT2D eigenvalue weighted by molar-refractivity contribution is -0.0208. The van der Waals surface area contributed by atoms with Crippen LogP contribution in [0.15, 0.2) is 6.07 Å². The minimum Gasteiger partial charge on any atom is -0.370 e. The van der Waals surface area contributed by atoms with Gasteiger partial charge in [0.15, 0.2) is 5.82 Å². The molecule has 0 saturated carbocycles. The van der Waals surface area contributed by atoms with Crippen LogP contribution in [0, 0.1) is 0 Å². The second kappa shape index (κ2) is 6.14. The van der Waals surface area contributed by atoms with Crippen LogP contribution in [0.2, 0.25) is 0 Å². The third kappa shape index (κ3) is 3.67. The molecular formula is C14H25N3O. The van der Waals surface area contributed by atoms with E-state index in [9.17, 15) is 0 Å². The zero-order valence-electron chi connectivity index (χ0n) is 12.4. The Hall–Kier alpha value is -1.16. The summed E-state index contributed by atoms with van der Waals surface area (Å²) in [7, 11) is 0. The Kier molecular flexibility index (Phi) is 5.08. The largest absolute Gasteiger partial charge is 0.370 e. The molecule has 0 aliphatic carbocycles. The predicted molar refractivity (Wildman–Crippen MR) is 74.9 cm³/mol. The molecule has 1 N–H and O–H groups in total. The van der Waals surface area contributed by atoms with Crippen LogP contribution in [-0.4, -0.2) is 23.1 Å². The van der Waals surface area contributed by atoms with Gasteiger partial charge in [0, 0.05) is 24.9 Å². The SMILES string of the molecule is CCNc1cc(C(C)C)nc(C(C)(C)OCC)n1. The van der Waals surface area contributed by atoms with Crippen LogP contribution >= 0.6 is 0 Å². The number of rotatable bonds is 6. The molecular weight excluding hydrogens is 226 g/mol. The van der Waals surface area contributed by atoms with Gasteiger partial charge in [0.2, 0.25) is 0 Å². The van der Waals surface area contributed by atoms with E-state index in [2.05, 4.69) is 36.1 Å². The van der Waals surface area contributed by atoms with Crippen molar-refractivity contribution in [1.29, 1.82) is 0 Å². The molecule has 0 radical (unpaired) electrons. The molecule has 102 valence electrons. The molecule has 0 spiro atoms. The first-order valence-corrected chi connectivity index (χ1v) is 6.68. The lowest BCUT2D eigenvalue weighted by atomic mass is 10.1.